The average Bonchev–Trinajstić information content (AvgIpc) is 3.68. The van der Waals surface area contributed by atoms with Crippen molar-refractivity contribution in [3.05, 3.63) is 185 Å². The normalized spacial score (nSPS) is 20.5. The van der Waals surface area contributed by atoms with Crippen molar-refractivity contribution in [2.75, 3.05) is 4.90 Å². The van der Waals surface area contributed by atoms with Gasteiger partial charge >= 0.3 is 0 Å². The molecule has 0 aromatic heterocycles. The van der Waals surface area contributed by atoms with Crippen LogP contribution in [0.5, 0.6) is 0 Å². The van der Waals surface area contributed by atoms with Crippen molar-refractivity contribution in [1.29, 1.82) is 0 Å². The van der Waals surface area contributed by atoms with Crippen LogP contribution in [-0.4, -0.2) is 0 Å². The summed E-state index contributed by atoms with van der Waals surface area (Å²) in [6, 6.07) is 52.8. The molecule has 0 N–H and O–H groups in total. The van der Waals surface area contributed by atoms with E-state index in [1.165, 1.54) is 85.5 Å². The first-order valence-corrected chi connectivity index (χ1v) is 17.2. The summed E-state index contributed by atoms with van der Waals surface area (Å²) in [5.41, 5.74) is 19.0. The maximum atomic E-state index is 2.60. The van der Waals surface area contributed by atoms with Crippen LogP contribution < -0.4 is 4.90 Å². The van der Waals surface area contributed by atoms with Gasteiger partial charge in [0.1, 0.15) is 0 Å². The summed E-state index contributed by atoms with van der Waals surface area (Å²) in [6.45, 7) is 4.74. The minimum Gasteiger partial charge on any atom is -0.310 e. The Labute approximate surface area is 277 Å². The van der Waals surface area contributed by atoms with E-state index in [2.05, 4.69) is 164 Å². The van der Waals surface area contributed by atoms with Gasteiger partial charge in [-0.1, -0.05) is 123 Å². The molecule has 2 unspecified atom stereocenters. The van der Waals surface area contributed by atoms with E-state index in [9.17, 15) is 0 Å². The van der Waals surface area contributed by atoms with Crippen LogP contribution in [0.2, 0.25) is 0 Å². The second kappa shape index (κ2) is 9.69. The average molecular weight is 604 g/mol. The van der Waals surface area contributed by atoms with E-state index in [0.717, 1.165) is 6.42 Å². The molecular formula is C46H37N. The molecule has 1 heteroatoms. The summed E-state index contributed by atoms with van der Waals surface area (Å²) in [5, 5.41) is 0. The number of rotatable bonds is 3. The van der Waals surface area contributed by atoms with Crippen LogP contribution in [0, 0.1) is 0 Å². The van der Waals surface area contributed by atoms with Crippen LogP contribution in [0.1, 0.15) is 72.4 Å². The van der Waals surface area contributed by atoms with Gasteiger partial charge in [-0.3, -0.25) is 0 Å². The van der Waals surface area contributed by atoms with Crippen molar-refractivity contribution in [2.45, 2.75) is 49.9 Å². The zero-order valence-electron chi connectivity index (χ0n) is 27.0. The SMILES string of the molecule is CC1(C)c2ccccc2-c2ccc(N(c3ccccc3)c3ccc4c(c3)C3(C5=CCCCC5c5ccccc53)c3ccccc3-4)cc21. The fraction of sp³-hybridized carbons (Fsp3) is 0.174. The molecule has 0 aliphatic heterocycles. The first kappa shape index (κ1) is 27.0. The Morgan fingerprint density at radius 1 is 0.511 bits per heavy atom. The van der Waals surface area contributed by atoms with Crippen molar-refractivity contribution >= 4 is 17.1 Å². The summed E-state index contributed by atoms with van der Waals surface area (Å²) in [6.07, 6.45) is 6.24. The van der Waals surface area contributed by atoms with Crippen LogP contribution in [0.4, 0.5) is 17.1 Å². The molecule has 6 aromatic carbocycles. The summed E-state index contributed by atoms with van der Waals surface area (Å²) >= 11 is 0. The zero-order chi connectivity index (χ0) is 31.3. The van der Waals surface area contributed by atoms with Gasteiger partial charge in [0.15, 0.2) is 0 Å². The maximum absolute atomic E-state index is 2.60. The topological polar surface area (TPSA) is 3.24 Å². The van der Waals surface area contributed by atoms with Crippen molar-refractivity contribution < 1.29 is 0 Å². The molecule has 0 amide bonds. The molecule has 226 valence electrons. The third-order valence-corrected chi connectivity index (χ3v) is 11.7. The molecule has 0 heterocycles. The molecule has 4 aliphatic carbocycles. The second-order valence-electron chi connectivity index (χ2n) is 14.3. The van der Waals surface area contributed by atoms with Crippen LogP contribution >= 0.6 is 0 Å². The minimum absolute atomic E-state index is 0.0655. The first-order valence-electron chi connectivity index (χ1n) is 17.2. The molecule has 0 radical (unpaired) electrons. The molecule has 10 rings (SSSR count). The lowest BCUT2D eigenvalue weighted by Crippen LogP contribution is -2.28. The summed E-state index contributed by atoms with van der Waals surface area (Å²) in [5.74, 6) is 0.480. The van der Waals surface area contributed by atoms with Crippen LogP contribution in [0.15, 0.2) is 151 Å². The highest BCUT2D eigenvalue weighted by Crippen LogP contribution is 2.66. The van der Waals surface area contributed by atoms with E-state index in [1.807, 2.05) is 0 Å². The van der Waals surface area contributed by atoms with Gasteiger partial charge in [0.25, 0.3) is 0 Å². The van der Waals surface area contributed by atoms with Gasteiger partial charge < -0.3 is 4.90 Å². The highest BCUT2D eigenvalue weighted by Gasteiger charge is 2.55. The molecule has 0 saturated carbocycles. The second-order valence-corrected chi connectivity index (χ2v) is 14.3. The molecule has 4 aliphatic rings. The molecule has 1 spiro atoms. The van der Waals surface area contributed by atoms with Gasteiger partial charge in [-0.2, -0.15) is 0 Å². The number of hydrogen-bond donors (Lipinski definition) is 0. The fourth-order valence-electron chi connectivity index (χ4n) is 9.78. The Morgan fingerprint density at radius 3 is 1.85 bits per heavy atom. The van der Waals surface area contributed by atoms with Crippen molar-refractivity contribution in [3.8, 4) is 22.3 Å². The lowest BCUT2D eigenvalue weighted by molar-refractivity contribution is 0.597. The van der Waals surface area contributed by atoms with Crippen LogP contribution in [0.25, 0.3) is 22.3 Å². The predicted molar refractivity (Wildman–Crippen MR) is 195 cm³/mol. The fourth-order valence-corrected chi connectivity index (χ4v) is 9.78. The molecule has 1 nitrogen and oxygen atoms in total. The molecule has 0 bridgehead atoms. The Morgan fingerprint density at radius 2 is 1.09 bits per heavy atom. The van der Waals surface area contributed by atoms with E-state index in [0.29, 0.717) is 5.92 Å². The molecule has 47 heavy (non-hydrogen) atoms. The van der Waals surface area contributed by atoms with E-state index >= 15 is 0 Å². The third kappa shape index (κ3) is 3.50. The van der Waals surface area contributed by atoms with Gasteiger partial charge in [0.2, 0.25) is 0 Å². The third-order valence-electron chi connectivity index (χ3n) is 11.7. The number of benzene rings is 6. The quantitative estimate of drug-likeness (QED) is 0.182. The van der Waals surface area contributed by atoms with Gasteiger partial charge in [-0.05, 0) is 117 Å². The van der Waals surface area contributed by atoms with E-state index < -0.39 is 0 Å². The Kier molecular flexibility index (Phi) is 5.57. The van der Waals surface area contributed by atoms with E-state index in [-0.39, 0.29) is 10.8 Å². The predicted octanol–water partition coefficient (Wildman–Crippen LogP) is 12.0. The molecule has 2 atom stereocenters. The standard InChI is InChI=1S/C46H37N/c1-45(2)39-20-10-6-16-33(39)37-26-24-31(28-43(37)45)47(30-14-4-3-5-15-30)32-25-27-38-36-19-9-13-23-42(36)46(44(38)29-32)40-21-11-7-17-34(40)35-18-8-12-22-41(35)46/h3-7,9-11,13-17,19-29,35H,8,12,18H2,1-2H3. The molecule has 6 aromatic rings. The minimum atomic E-state index is -0.256. The Bertz CT molecular complexity index is 2270. The molecular weight excluding hydrogens is 567 g/mol. The summed E-state index contributed by atoms with van der Waals surface area (Å²) in [7, 11) is 0. The number of para-hydroxylation sites is 1. The molecule has 0 fully saturated rings. The Hall–Kier alpha value is -5.14. The van der Waals surface area contributed by atoms with Gasteiger partial charge in [0, 0.05) is 28.4 Å². The maximum Gasteiger partial charge on any atom is 0.0683 e. The van der Waals surface area contributed by atoms with Crippen molar-refractivity contribution in [3.63, 3.8) is 0 Å². The Balaban J connectivity index is 1.22. The van der Waals surface area contributed by atoms with Gasteiger partial charge in [-0.15, -0.1) is 0 Å². The van der Waals surface area contributed by atoms with Crippen LogP contribution in [0.3, 0.4) is 0 Å². The van der Waals surface area contributed by atoms with E-state index in [4.69, 9.17) is 0 Å². The van der Waals surface area contributed by atoms with Crippen molar-refractivity contribution in [1.82, 2.24) is 0 Å². The van der Waals surface area contributed by atoms with Crippen LogP contribution in [-0.2, 0) is 10.8 Å². The number of anilines is 3. The number of nitrogens with zero attached hydrogens (tertiary/aromatic N) is 1. The highest BCUT2D eigenvalue weighted by molar-refractivity contribution is 5.92. The number of fused-ring (bicyclic) bond motifs is 13. The highest BCUT2D eigenvalue weighted by atomic mass is 15.1. The van der Waals surface area contributed by atoms with E-state index in [1.54, 1.807) is 5.57 Å². The number of allylic oxidation sites excluding steroid dienone is 2. The zero-order valence-corrected chi connectivity index (χ0v) is 27.0. The van der Waals surface area contributed by atoms with Crippen molar-refractivity contribution in [2.24, 2.45) is 0 Å². The largest absolute Gasteiger partial charge is 0.310 e. The monoisotopic (exact) mass is 603 g/mol. The lowest BCUT2D eigenvalue weighted by atomic mass is 9.68. The van der Waals surface area contributed by atoms with Gasteiger partial charge in [0.05, 0.1) is 5.41 Å². The smallest absolute Gasteiger partial charge is 0.0683 e. The molecule has 0 saturated heterocycles. The first-order chi connectivity index (χ1) is 23.1. The lowest BCUT2D eigenvalue weighted by Gasteiger charge is -2.35. The summed E-state index contributed by atoms with van der Waals surface area (Å²) < 4.78 is 0. The summed E-state index contributed by atoms with van der Waals surface area (Å²) in [4.78, 5) is 2.48. The van der Waals surface area contributed by atoms with Gasteiger partial charge in [-0.25, -0.2) is 0 Å². The number of hydrogen-bond acceptors (Lipinski definition) is 1.